The first kappa shape index (κ1) is 39.9. The summed E-state index contributed by atoms with van der Waals surface area (Å²) in [6.45, 7) is 4.21. The second-order valence-corrected chi connectivity index (χ2v) is 17.0. The highest BCUT2D eigenvalue weighted by Gasteiger charge is 2.37. The van der Waals surface area contributed by atoms with E-state index in [9.17, 15) is 0 Å². The van der Waals surface area contributed by atoms with Crippen LogP contribution in [0, 0.1) is 23.3 Å². The SMILES string of the molecule is CC1(C)c2ccccc2-c2ccc(N(c3c(F)c(F)c(-c4ccc(N(c5ccc(-c6ccccc6)cc5)c5cccc6ccccc56)cc4)c(F)c3F)c3cccc4ccccc34)cc21. The quantitative estimate of drug-likeness (QED) is 0.111. The van der Waals surface area contributed by atoms with Gasteiger partial charge in [-0.3, -0.25) is 0 Å². The van der Waals surface area contributed by atoms with E-state index >= 15 is 17.6 Å². The van der Waals surface area contributed by atoms with Crippen LogP contribution in [0.15, 0.2) is 206 Å². The van der Waals surface area contributed by atoms with Crippen LogP contribution >= 0.6 is 0 Å². The first-order valence-corrected chi connectivity index (χ1v) is 21.6. The Morgan fingerprint density at radius 3 is 1.43 bits per heavy atom. The van der Waals surface area contributed by atoms with Crippen molar-refractivity contribution in [2.75, 3.05) is 9.80 Å². The maximum absolute atomic E-state index is 17.2. The van der Waals surface area contributed by atoms with E-state index in [0.717, 1.165) is 60.9 Å². The second kappa shape index (κ2) is 15.7. The number of benzene rings is 10. The molecule has 0 heterocycles. The molecule has 0 spiro atoms. The lowest BCUT2D eigenvalue weighted by Gasteiger charge is -2.30. The van der Waals surface area contributed by atoms with Gasteiger partial charge in [0, 0.05) is 33.2 Å². The fourth-order valence-corrected chi connectivity index (χ4v) is 9.73. The predicted molar refractivity (Wildman–Crippen MR) is 259 cm³/mol. The fraction of sp³-hybridized carbons (Fsp3) is 0.0508. The highest BCUT2D eigenvalue weighted by Crippen LogP contribution is 2.52. The summed E-state index contributed by atoms with van der Waals surface area (Å²) in [6, 6.07) is 65.3. The molecular weight excluding hydrogens is 813 g/mol. The Balaban J connectivity index is 1.04. The van der Waals surface area contributed by atoms with E-state index in [2.05, 4.69) is 55.1 Å². The smallest absolute Gasteiger partial charge is 0.186 e. The number of nitrogens with zero attached hydrogens (tertiary/aromatic N) is 2. The van der Waals surface area contributed by atoms with Crippen LogP contribution < -0.4 is 9.80 Å². The molecule has 0 amide bonds. The lowest BCUT2D eigenvalue weighted by molar-refractivity contribution is 0.461. The van der Waals surface area contributed by atoms with Gasteiger partial charge in [-0.25, -0.2) is 17.6 Å². The van der Waals surface area contributed by atoms with Gasteiger partial charge in [0.05, 0.1) is 16.9 Å². The molecule has 0 aliphatic heterocycles. The van der Waals surface area contributed by atoms with Crippen molar-refractivity contribution in [3.8, 4) is 33.4 Å². The molecule has 0 saturated carbocycles. The van der Waals surface area contributed by atoms with Crippen LogP contribution in [0.2, 0.25) is 0 Å². The third-order valence-electron chi connectivity index (χ3n) is 13.0. The minimum absolute atomic E-state index is 0.0147. The molecule has 0 bridgehead atoms. The minimum atomic E-state index is -1.50. The van der Waals surface area contributed by atoms with Crippen molar-refractivity contribution in [3.63, 3.8) is 0 Å². The third-order valence-corrected chi connectivity index (χ3v) is 13.0. The maximum Gasteiger partial charge on any atom is 0.186 e. The summed E-state index contributed by atoms with van der Waals surface area (Å²) < 4.78 is 68.2. The Morgan fingerprint density at radius 2 is 0.815 bits per heavy atom. The van der Waals surface area contributed by atoms with Crippen molar-refractivity contribution in [1.82, 2.24) is 0 Å². The zero-order chi connectivity index (χ0) is 44.4. The Labute approximate surface area is 374 Å². The van der Waals surface area contributed by atoms with Crippen LogP contribution in [0.5, 0.6) is 0 Å². The van der Waals surface area contributed by atoms with Crippen molar-refractivity contribution in [2.45, 2.75) is 19.3 Å². The van der Waals surface area contributed by atoms with E-state index < -0.39 is 39.9 Å². The molecule has 2 nitrogen and oxygen atoms in total. The van der Waals surface area contributed by atoms with Crippen molar-refractivity contribution >= 4 is 55.7 Å². The molecule has 11 rings (SSSR count). The highest BCUT2D eigenvalue weighted by molar-refractivity contribution is 6.01. The molecule has 65 heavy (non-hydrogen) atoms. The Bertz CT molecular complexity index is 3410. The summed E-state index contributed by atoms with van der Waals surface area (Å²) in [4.78, 5) is 3.38. The molecule has 1 aliphatic carbocycles. The predicted octanol–water partition coefficient (Wildman–Crippen LogP) is 17.1. The molecule has 0 N–H and O–H groups in total. The van der Waals surface area contributed by atoms with Gasteiger partial charge in [-0.2, -0.15) is 0 Å². The van der Waals surface area contributed by atoms with Crippen LogP contribution in [0.4, 0.5) is 51.7 Å². The van der Waals surface area contributed by atoms with Gasteiger partial charge in [-0.15, -0.1) is 0 Å². The molecule has 10 aromatic carbocycles. The highest BCUT2D eigenvalue weighted by atomic mass is 19.2. The molecule has 1 aliphatic rings. The molecule has 0 saturated heterocycles. The van der Waals surface area contributed by atoms with Crippen molar-refractivity contribution in [1.29, 1.82) is 0 Å². The average Bonchev–Trinajstić information content (AvgIpc) is 3.58. The van der Waals surface area contributed by atoms with Crippen LogP contribution in [0.1, 0.15) is 25.0 Å². The normalized spacial score (nSPS) is 12.6. The molecule has 0 fully saturated rings. The minimum Gasteiger partial charge on any atom is -0.310 e. The standard InChI is InChI=1S/C59H40F4N2/c1-59(2)49-23-11-10-22-47(49)48-35-34-44(36-50(48)59)65(52-25-13-19-40-17-7-9-21-46(40)52)58-56(62)54(60)53(55(61)57(58)63)41-28-32-43(33-29-41)64(51-24-12-18-39-16-6-8-20-45(39)51)42-30-26-38(27-31-42)37-14-4-3-5-15-37/h3-36H,1-2H3. The first-order chi connectivity index (χ1) is 31.7. The van der Waals surface area contributed by atoms with Gasteiger partial charge in [-0.05, 0) is 98.2 Å². The summed E-state index contributed by atoms with van der Waals surface area (Å²) >= 11 is 0. The molecule has 314 valence electrons. The largest absolute Gasteiger partial charge is 0.310 e. The first-order valence-electron chi connectivity index (χ1n) is 21.6. The van der Waals surface area contributed by atoms with E-state index in [4.69, 9.17) is 0 Å². The summed E-state index contributed by atoms with van der Waals surface area (Å²) in [5.74, 6) is -5.99. The number of halogens is 4. The monoisotopic (exact) mass is 852 g/mol. The molecule has 0 unspecified atom stereocenters. The lowest BCUT2D eigenvalue weighted by Crippen LogP contribution is -2.19. The van der Waals surface area contributed by atoms with Gasteiger partial charge in [0.2, 0.25) is 0 Å². The van der Waals surface area contributed by atoms with Crippen LogP contribution in [-0.4, -0.2) is 0 Å². The van der Waals surface area contributed by atoms with E-state index in [1.165, 1.54) is 17.0 Å². The molecule has 0 aromatic heterocycles. The molecule has 6 heteroatoms. The summed E-state index contributed by atoms with van der Waals surface area (Å²) in [5, 5.41) is 3.49. The van der Waals surface area contributed by atoms with Gasteiger partial charge in [-0.1, -0.05) is 172 Å². The van der Waals surface area contributed by atoms with E-state index in [1.54, 1.807) is 30.3 Å². The van der Waals surface area contributed by atoms with Crippen LogP contribution in [-0.2, 0) is 5.41 Å². The van der Waals surface area contributed by atoms with Gasteiger partial charge in [0.15, 0.2) is 23.3 Å². The Kier molecular flexibility index (Phi) is 9.62. The van der Waals surface area contributed by atoms with Gasteiger partial charge >= 0.3 is 0 Å². The zero-order valence-corrected chi connectivity index (χ0v) is 35.5. The van der Waals surface area contributed by atoms with Crippen LogP contribution in [0.3, 0.4) is 0 Å². The average molecular weight is 853 g/mol. The third kappa shape index (κ3) is 6.55. The number of hydrogen-bond donors (Lipinski definition) is 0. The molecule has 0 atom stereocenters. The fourth-order valence-electron chi connectivity index (χ4n) is 9.73. The lowest BCUT2D eigenvalue weighted by atomic mass is 9.82. The number of hydrogen-bond acceptors (Lipinski definition) is 2. The number of fused-ring (bicyclic) bond motifs is 5. The van der Waals surface area contributed by atoms with Gasteiger partial charge < -0.3 is 9.80 Å². The number of anilines is 6. The van der Waals surface area contributed by atoms with Crippen molar-refractivity contribution < 1.29 is 17.6 Å². The van der Waals surface area contributed by atoms with Crippen molar-refractivity contribution in [2.24, 2.45) is 0 Å². The second-order valence-electron chi connectivity index (χ2n) is 17.0. The number of rotatable bonds is 8. The summed E-state index contributed by atoms with van der Waals surface area (Å²) in [6.07, 6.45) is 0. The Morgan fingerprint density at radius 1 is 0.354 bits per heavy atom. The van der Waals surface area contributed by atoms with E-state index in [1.807, 2.05) is 127 Å². The summed E-state index contributed by atoms with van der Waals surface area (Å²) in [7, 11) is 0. The molecule has 10 aromatic rings. The van der Waals surface area contributed by atoms with Gasteiger partial charge in [0.25, 0.3) is 0 Å². The maximum atomic E-state index is 17.2. The Hall–Kier alpha value is -7.96. The zero-order valence-electron chi connectivity index (χ0n) is 35.5. The topological polar surface area (TPSA) is 6.48 Å². The van der Waals surface area contributed by atoms with E-state index in [-0.39, 0.29) is 5.56 Å². The van der Waals surface area contributed by atoms with Gasteiger partial charge in [0.1, 0.15) is 5.69 Å². The molecule has 0 radical (unpaired) electrons. The molecular formula is C59H40F4N2. The van der Waals surface area contributed by atoms with Crippen molar-refractivity contribution in [3.05, 3.63) is 241 Å². The van der Waals surface area contributed by atoms with E-state index in [0.29, 0.717) is 22.4 Å². The van der Waals surface area contributed by atoms with Crippen LogP contribution in [0.25, 0.3) is 54.9 Å². The summed E-state index contributed by atoms with van der Waals surface area (Å²) in [5.41, 5.74) is 7.29.